The molecule has 6 heteroatoms. The molecule has 18 heavy (non-hydrogen) atoms. The lowest BCUT2D eigenvalue weighted by Crippen LogP contribution is -2.29. The number of carbonyl (C=O) groups excluding carboxylic acids is 1. The van der Waals surface area contributed by atoms with E-state index in [1.165, 1.54) is 11.3 Å². The minimum atomic E-state index is -0.807. The molecule has 1 amide bonds. The van der Waals surface area contributed by atoms with E-state index >= 15 is 0 Å². The summed E-state index contributed by atoms with van der Waals surface area (Å²) in [6.07, 6.45) is 0.560. The first-order valence-corrected chi connectivity index (χ1v) is 6.40. The maximum atomic E-state index is 12.1. The van der Waals surface area contributed by atoms with Crippen molar-refractivity contribution in [2.75, 3.05) is 13.1 Å². The highest BCUT2D eigenvalue weighted by molar-refractivity contribution is 7.14. The fourth-order valence-corrected chi connectivity index (χ4v) is 2.98. The van der Waals surface area contributed by atoms with E-state index in [1.54, 1.807) is 4.90 Å². The molecule has 0 radical (unpaired) electrons. The minimum absolute atomic E-state index is 0. The van der Waals surface area contributed by atoms with Gasteiger partial charge in [-0.2, -0.15) is 0 Å². The van der Waals surface area contributed by atoms with E-state index in [2.05, 4.69) is 0 Å². The van der Waals surface area contributed by atoms with Crippen molar-refractivity contribution in [3.63, 3.8) is 0 Å². The van der Waals surface area contributed by atoms with Gasteiger partial charge in [-0.3, -0.25) is 9.59 Å². The molecule has 1 N–H and O–H groups in total. The molecule has 0 bridgehead atoms. The molecular formula is C12H16ClNO3S. The number of nitrogens with zero attached hydrogens (tertiary/aromatic N) is 1. The fraction of sp³-hybridized carbons (Fsp3) is 0.500. The second-order valence-electron chi connectivity index (χ2n) is 4.42. The lowest BCUT2D eigenvalue weighted by atomic mass is 10.1. The summed E-state index contributed by atoms with van der Waals surface area (Å²) in [5.74, 6) is -1.24. The van der Waals surface area contributed by atoms with Gasteiger partial charge in [0.15, 0.2) is 0 Å². The van der Waals surface area contributed by atoms with E-state index in [-0.39, 0.29) is 18.3 Å². The second-order valence-corrected chi connectivity index (χ2v) is 5.68. The number of rotatable bonds is 2. The molecule has 1 atom stereocenters. The van der Waals surface area contributed by atoms with Crippen LogP contribution in [0.1, 0.15) is 26.5 Å². The average Bonchev–Trinajstić information content (AvgIpc) is 2.86. The molecule has 1 aliphatic rings. The van der Waals surface area contributed by atoms with Crippen molar-refractivity contribution in [2.45, 2.75) is 20.3 Å². The summed E-state index contributed by atoms with van der Waals surface area (Å²) in [4.78, 5) is 26.5. The quantitative estimate of drug-likeness (QED) is 0.909. The molecule has 2 rings (SSSR count). The highest BCUT2D eigenvalue weighted by atomic mass is 35.5. The van der Waals surface area contributed by atoms with Crippen molar-refractivity contribution < 1.29 is 14.7 Å². The largest absolute Gasteiger partial charge is 0.481 e. The molecule has 1 aromatic rings. The number of thiophene rings is 1. The predicted molar refractivity (Wildman–Crippen MR) is 72.7 cm³/mol. The molecule has 1 unspecified atom stereocenters. The van der Waals surface area contributed by atoms with Gasteiger partial charge in [-0.25, -0.2) is 0 Å². The van der Waals surface area contributed by atoms with Gasteiger partial charge >= 0.3 is 5.97 Å². The van der Waals surface area contributed by atoms with Crippen LogP contribution in [0.5, 0.6) is 0 Å². The monoisotopic (exact) mass is 289 g/mol. The molecule has 0 saturated carbocycles. The molecule has 100 valence electrons. The maximum Gasteiger partial charge on any atom is 0.308 e. The summed E-state index contributed by atoms with van der Waals surface area (Å²) in [5.41, 5.74) is 1.12. The molecule has 0 aliphatic carbocycles. The van der Waals surface area contributed by atoms with Crippen LogP contribution >= 0.6 is 23.7 Å². The number of carboxylic acids is 1. The van der Waals surface area contributed by atoms with E-state index in [0.717, 1.165) is 10.4 Å². The van der Waals surface area contributed by atoms with E-state index in [9.17, 15) is 9.59 Å². The van der Waals surface area contributed by atoms with Crippen LogP contribution in [0.3, 0.4) is 0 Å². The number of halogens is 1. The van der Waals surface area contributed by atoms with Crippen LogP contribution in [0.15, 0.2) is 6.07 Å². The Kier molecular flexibility index (Phi) is 4.76. The van der Waals surface area contributed by atoms with Gasteiger partial charge in [0.1, 0.15) is 0 Å². The summed E-state index contributed by atoms with van der Waals surface area (Å²) in [6.45, 7) is 4.85. The SMILES string of the molecule is Cc1cc(C(=O)N2CCC(C(=O)O)C2)sc1C.Cl. The summed E-state index contributed by atoms with van der Waals surface area (Å²) in [7, 11) is 0. The standard InChI is InChI=1S/C12H15NO3S.ClH/c1-7-5-10(17-8(7)2)11(14)13-4-3-9(6-13)12(15)16;/h5,9H,3-4,6H2,1-2H3,(H,15,16);1H. The number of carboxylic acid groups (broad SMARTS) is 1. The molecule has 2 heterocycles. The Morgan fingerprint density at radius 1 is 1.44 bits per heavy atom. The summed E-state index contributed by atoms with van der Waals surface area (Å²) in [6, 6.07) is 1.89. The van der Waals surface area contributed by atoms with Crippen molar-refractivity contribution in [3.05, 3.63) is 21.4 Å². The van der Waals surface area contributed by atoms with Crippen LogP contribution in [-0.2, 0) is 4.79 Å². The van der Waals surface area contributed by atoms with Crippen LogP contribution in [0.4, 0.5) is 0 Å². The highest BCUT2D eigenvalue weighted by Crippen LogP contribution is 2.25. The van der Waals surface area contributed by atoms with E-state index < -0.39 is 11.9 Å². The zero-order valence-electron chi connectivity index (χ0n) is 10.3. The molecule has 1 aliphatic heterocycles. The lowest BCUT2D eigenvalue weighted by molar-refractivity contribution is -0.141. The molecular weight excluding hydrogens is 274 g/mol. The maximum absolute atomic E-state index is 12.1. The Morgan fingerprint density at radius 2 is 2.11 bits per heavy atom. The van der Waals surface area contributed by atoms with Gasteiger partial charge < -0.3 is 10.0 Å². The van der Waals surface area contributed by atoms with Gasteiger partial charge in [0, 0.05) is 18.0 Å². The Labute approximate surface area is 116 Å². The summed E-state index contributed by atoms with van der Waals surface area (Å²) < 4.78 is 0. The first kappa shape index (κ1) is 15.0. The third kappa shape index (κ3) is 2.84. The molecule has 1 fully saturated rings. The first-order valence-electron chi connectivity index (χ1n) is 5.58. The number of aryl methyl sites for hydroxylation is 2. The van der Waals surface area contributed by atoms with Crippen molar-refractivity contribution in [1.29, 1.82) is 0 Å². The molecule has 0 spiro atoms. The fourth-order valence-electron chi connectivity index (χ4n) is 1.98. The predicted octanol–water partition coefficient (Wildman–Crippen LogP) is 2.33. The Balaban J connectivity index is 0.00000162. The van der Waals surface area contributed by atoms with Crippen molar-refractivity contribution in [1.82, 2.24) is 4.90 Å². The smallest absolute Gasteiger partial charge is 0.308 e. The number of likely N-dealkylation sites (tertiary alicyclic amines) is 1. The van der Waals surface area contributed by atoms with Gasteiger partial charge in [0.2, 0.25) is 0 Å². The van der Waals surface area contributed by atoms with Crippen LogP contribution < -0.4 is 0 Å². The zero-order chi connectivity index (χ0) is 12.6. The Bertz CT molecular complexity index is 452. The average molecular weight is 290 g/mol. The van der Waals surface area contributed by atoms with E-state index in [1.807, 2.05) is 19.9 Å². The topological polar surface area (TPSA) is 57.6 Å². The molecule has 1 aromatic heterocycles. The van der Waals surface area contributed by atoms with Gasteiger partial charge in [-0.1, -0.05) is 0 Å². The summed E-state index contributed by atoms with van der Waals surface area (Å²) in [5, 5.41) is 8.90. The Hall–Kier alpha value is -1.07. The van der Waals surface area contributed by atoms with Crippen molar-refractivity contribution >= 4 is 35.6 Å². The van der Waals surface area contributed by atoms with Gasteiger partial charge in [0.05, 0.1) is 10.8 Å². The minimum Gasteiger partial charge on any atom is -0.481 e. The number of aliphatic carboxylic acids is 1. The molecule has 0 aromatic carbocycles. The van der Waals surface area contributed by atoms with Crippen LogP contribution in [0, 0.1) is 19.8 Å². The van der Waals surface area contributed by atoms with Crippen molar-refractivity contribution in [2.24, 2.45) is 5.92 Å². The van der Waals surface area contributed by atoms with Crippen LogP contribution in [0.25, 0.3) is 0 Å². The first-order chi connectivity index (χ1) is 7.99. The number of hydrogen-bond acceptors (Lipinski definition) is 3. The third-order valence-electron chi connectivity index (χ3n) is 3.20. The van der Waals surface area contributed by atoms with Crippen molar-refractivity contribution in [3.8, 4) is 0 Å². The normalized spacial score (nSPS) is 18.6. The molecule has 4 nitrogen and oxygen atoms in total. The second kappa shape index (κ2) is 5.71. The number of carbonyl (C=O) groups is 2. The third-order valence-corrected chi connectivity index (χ3v) is 4.34. The Morgan fingerprint density at radius 3 is 2.56 bits per heavy atom. The van der Waals surface area contributed by atoms with Crippen LogP contribution in [0.2, 0.25) is 0 Å². The van der Waals surface area contributed by atoms with E-state index in [0.29, 0.717) is 24.4 Å². The van der Waals surface area contributed by atoms with Gasteiger partial charge in [-0.15, -0.1) is 23.7 Å². The van der Waals surface area contributed by atoms with Crippen LogP contribution in [-0.4, -0.2) is 35.0 Å². The van der Waals surface area contributed by atoms with Gasteiger partial charge in [0.25, 0.3) is 5.91 Å². The summed E-state index contributed by atoms with van der Waals surface area (Å²) >= 11 is 1.48. The zero-order valence-corrected chi connectivity index (χ0v) is 11.9. The number of hydrogen-bond donors (Lipinski definition) is 1. The highest BCUT2D eigenvalue weighted by Gasteiger charge is 2.31. The lowest BCUT2D eigenvalue weighted by Gasteiger charge is -2.14. The number of amides is 1. The molecule has 1 saturated heterocycles. The van der Waals surface area contributed by atoms with Gasteiger partial charge in [-0.05, 0) is 31.9 Å². The van der Waals surface area contributed by atoms with E-state index in [4.69, 9.17) is 5.11 Å².